The first kappa shape index (κ1) is 24.2. The summed E-state index contributed by atoms with van der Waals surface area (Å²) in [7, 11) is 0. The van der Waals surface area contributed by atoms with E-state index in [9.17, 15) is 31.5 Å². The van der Waals surface area contributed by atoms with E-state index in [0.717, 1.165) is 41.2 Å². The fourth-order valence-electron chi connectivity index (χ4n) is 4.25. The van der Waals surface area contributed by atoms with Gasteiger partial charge in [0.2, 0.25) is 0 Å². The number of hydrogen-bond donors (Lipinski definition) is 1. The van der Waals surface area contributed by atoms with Crippen molar-refractivity contribution < 1.29 is 31.5 Å². The molecule has 3 amide bonds. The van der Waals surface area contributed by atoms with Crippen molar-refractivity contribution in [3.63, 3.8) is 0 Å². The monoisotopic (exact) mass is 529 g/mol. The number of carbonyl (C=O) groups excluding carboxylic acids is 2. The molecule has 1 fully saturated rings. The molecule has 0 spiro atoms. The highest BCUT2D eigenvalue weighted by Gasteiger charge is 2.60. The largest absolute Gasteiger partial charge is 0.401 e. The van der Waals surface area contributed by atoms with Crippen molar-refractivity contribution in [1.29, 1.82) is 0 Å². The van der Waals surface area contributed by atoms with Gasteiger partial charge >= 0.3 is 12.2 Å². The average Bonchev–Trinajstić information content (AvgIpc) is 3.29. The number of likely N-dealkylation sites (tertiary alicyclic amines) is 1. The molecule has 0 bridgehead atoms. The molecule has 0 saturated carbocycles. The predicted molar refractivity (Wildman–Crippen MR) is 117 cm³/mol. The van der Waals surface area contributed by atoms with Gasteiger partial charge in [-0.1, -0.05) is 11.6 Å². The molecule has 3 aromatic rings. The maximum Gasteiger partial charge on any atom is 0.401 e. The summed E-state index contributed by atoms with van der Waals surface area (Å²) < 4.78 is 70.9. The second-order valence-electron chi connectivity index (χ2n) is 8.68. The summed E-state index contributed by atoms with van der Waals surface area (Å²) >= 11 is 5.86. The quantitative estimate of drug-likeness (QED) is 0.506. The number of carbonyl (C=O) groups is 2. The van der Waals surface area contributed by atoms with Crippen LogP contribution < -0.4 is 10.2 Å². The minimum absolute atomic E-state index is 0.0599. The number of halogens is 6. The second kappa shape index (κ2) is 8.25. The van der Waals surface area contributed by atoms with Crippen molar-refractivity contribution in [3.8, 4) is 0 Å². The van der Waals surface area contributed by atoms with E-state index in [4.69, 9.17) is 11.6 Å². The van der Waals surface area contributed by atoms with Gasteiger partial charge in [-0.15, -0.1) is 0 Å². The van der Waals surface area contributed by atoms with E-state index in [0.29, 0.717) is 13.1 Å². The van der Waals surface area contributed by atoms with Crippen molar-refractivity contribution in [3.05, 3.63) is 46.6 Å². The molecule has 36 heavy (non-hydrogen) atoms. The lowest BCUT2D eigenvalue weighted by atomic mass is 9.88. The van der Waals surface area contributed by atoms with Gasteiger partial charge in [-0.3, -0.25) is 9.69 Å². The molecule has 5 rings (SSSR count). The number of urea groups is 1. The zero-order valence-electron chi connectivity index (χ0n) is 18.5. The fourth-order valence-corrected chi connectivity index (χ4v) is 4.42. The van der Waals surface area contributed by atoms with Gasteiger partial charge in [-0.2, -0.15) is 18.3 Å². The molecular weight excluding hydrogens is 513 g/mol. The summed E-state index contributed by atoms with van der Waals surface area (Å²) in [6, 6.07) is 1.13. The van der Waals surface area contributed by atoms with Crippen LogP contribution in [0.3, 0.4) is 0 Å². The highest BCUT2D eigenvalue weighted by Crippen LogP contribution is 2.50. The molecule has 0 aromatic carbocycles. The predicted octanol–water partition coefficient (Wildman–Crippen LogP) is 4.43. The maximum atomic E-state index is 14.2. The van der Waals surface area contributed by atoms with Crippen molar-refractivity contribution in [2.75, 3.05) is 29.9 Å². The second-order valence-corrected chi connectivity index (χ2v) is 9.07. The summed E-state index contributed by atoms with van der Waals surface area (Å²) in [6.45, 7) is 0.949. The minimum atomic E-state index is -4.78. The molecule has 2 aliphatic rings. The van der Waals surface area contributed by atoms with Crippen molar-refractivity contribution in [2.45, 2.75) is 31.4 Å². The molecule has 1 saturated heterocycles. The van der Waals surface area contributed by atoms with Crippen LogP contribution in [0.15, 0.2) is 24.5 Å². The number of rotatable bonds is 3. The number of alkyl halides is 5. The van der Waals surface area contributed by atoms with Crippen LogP contribution >= 0.6 is 11.6 Å². The Labute approximate surface area is 204 Å². The van der Waals surface area contributed by atoms with E-state index in [-0.39, 0.29) is 27.9 Å². The molecule has 15 heteroatoms. The minimum Gasteiger partial charge on any atom is -0.337 e. The standard InChI is InChI=1S/C21H17ClF5N7O2/c1-20(21(25,26)27)9-33(12-8-28-14-6-13(22)31-34(14)16(12)20)19(36)30-10-5-11(17(23)24)15(29-7-10)18(35)32-3-2-4-32/h5-8,17H,2-4,9H2,1H3,(H,30,36). The van der Waals surface area contributed by atoms with E-state index in [2.05, 4.69) is 20.4 Å². The lowest BCUT2D eigenvalue weighted by molar-refractivity contribution is -0.181. The maximum absolute atomic E-state index is 14.2. The van der Waals surface area contributed by atoms with Crippen LogP contribution in [0.2, 0.25) is 5.15 Å². The number of aromatic nitrogens is 4. The molecule has 1 atom stereocenters. The molecule has 190 valence electrons. The highest BCUT2D eigenvalue weighted by atomic mass is 35.5. The normalized spacial score (nSPS) is 19.6. The Kier molecular flexibility index (Phi) is 5.54. The van der Waals surface area contributed by atoms with E-state index < -0.39 is 47.8 Å². The molecule has 0 aliphatic carbocycles. The summed E-state index contributed by atoms with van der Waals surface area (Å²) in [6.07, 6.45) is -5.00. The van der Waals surface area contributed by atoms with Gasteiger partial charge in [-0.05, 0) is 19.4 Å². The summed E-state index contributed by atoms with van der Waals surface area (Å²) in [5, 5.41) is 6.11. The lowest BCUT2D eigenvalue weighted by Crippen LogP contribution is -2.46. The zero-order valence-corrected chi connectivity index (χ0v) is 19.2. The zero-order chi connectivity index (χ0) is 26.0. The third-order valence-corrected chi connectivity index (χ3v) is 6.53. The fraction of sp³-hybridized carbons (Fsp3) is 0.381. The SMILES string of the molecule is CC1(C(F)(F)F)CN(C(=O)Nc2cnc(C(=O)N3CCC3)c(C(F)F)c2)c2cnc3cc(Cl)nn3c21. The van der Waals surface area contributed by atoms with Gasteiger partial charge < -0.3 is 10.2 Å². The molecule has 9 nitrogen and oxygen atoms in total. The number of fused-ring (bicyclic) bond motifs is 3. The number of nitrogens with one attached hydrogen (secondary N) is 1. The van der Waals surface area contributed by atoms with Crippen LogP contribution in [-0.4, -0.2) is 62.2 Å². The molecule has 0 radical (unpaired) electrons. The van der Waals surface area contributed by atoms with Crippen LogP contribution in [0, 0.1) is 0 Å². The van der Waals surface area contributed by atoms with Crippen LogP contribution in [0.4, 0.5) is 38.1 Å². The average molecular weight is 530 g/mol. The lowest BCUT2D eigenvalue weighted by Gasteiger charge is -2.31. The number of pyridine rings is 1. The van der Waals surface area contributed by atoms with Gasteiger partial charge in [0.1, 0.15) is 11.1 Å². The van der Waals surface area contributed by atoms with Gasteiger partial charge in [0.25, 0.3) is 12.3 Å². The first-order chi connectivity index (χ1) is 16.9. The Morgan fingerprint density at radius 1 is 1.17 bits per heavy atom. The van der Waals surface area contributed by atoms with Crippen LogP contribution in [0.5, 0.6) is 0 Å². The van der Waals surface area contributed by atoms with E-state index in [1.807, 2.05) is 0 Å². The molecule has 5 heterocycles. The van der Waals surface area contributed by atoms with E-state index in [1.165, 1.54) is 11.0 Å². The topological polar surface area (TPSA) is 95.7 Å². The number of hydrogen-bond acceptors (Lipinski definition) is 5. The third kappa shape index (κ3) is 3.70. The smallest absolute Gasteiger partial charge is 0.337 e. The van der Waals surface area contributed by atoms with E-state index >= 15 is 0 Å². The molecule has 2 aliphatic heterocycles. The van der Waals surface area contributed by atoms with Gasteiger partial charge in [0.15, 0.2) is 10.8 Å². The van der Waals surface area contributed by atoms with Crippen molar-refractivity contribution in [1.82, 2.24) is 24.5 Å². The number of nitrogens with zero attached hydrogens (tertiary/aromatic N) is 6. The third-order valence-electron chi connectivity index (χ3n) is 6.34. The van der Waals surface area contributed by atoms with Crippen LogP contribution in [0.1, 0.15) is 41.5 Å². The van der Waals surface area contributed by atoms with Crippen molar-refractivity contribution >= 4 is 40.6 Å². The van der Waals surface area contributed by atoms with Crippen molar-refractivity contribution in [2.24, 2.45) is 0 Å². The highest BCUT2D eigenvalue weighted by molar-refractivity contribution is 6.29. The summed E-state index contributed by atoms with van der Waals surface area (Å²) in [4.78, 5) is 35.5. The number of anilines is 2. The van der Waals surface area contributed by atoms with Gasteiger partial charge in [0, 0.05) is 25.7 Å². The van der Waals surface area contributed by atoms with E-state index in [1.54, 1.807) is 0 Å². The first-order valence-corrected chi connectivity index (χ1v) is 11.1. The van der Waals surface area contributed by atoms with Crippen LogP contribution in [-0.2, 0) is 5.41 Å². The summed E-state index contributed by atoms with van der Waals surface area (Å²) in [5.74, 6) is -0.656. The summed E-state index contributed by atoms with van der Waals surface area (Å²) in [5.41, 5.74) is -4.34. The number of amides is 3. The Hall–Kier alpha value is -3.55. The Balaban J connectivity index is 1.49. The Morgan fingerprint density at radius 3 is 2.50 bits per heavy atom. The van der Waals surface area contributed by atoms with Crippen LogP contribution in [0.25, 0.3) is 5.65 Å². The molecule has 1 N–H and O–H groups in total. The molecular formula is C21H17ClF5N7O2. The molecule has 3 aromatic heterocycles. The Morgan fingerprint density at radius 2 is 1.89 bits per heavy atom. The molecule has 1 unspecified atom stereocenters. The van der Waals surface area contributed by atoms with Gasteiger partial charge in [0.05, 0.1) is 35.0 Å². The Bertz CT molecular complexity index is 1390. The first-order valence-electron chi connectivity index (χ1n) is 10.7. The van der Waals surface area contributed by atoms with Gasteiger partial charge in [-0.25, -0.2) is 28.1 Å².